The first-order valence-corrected chi connectivity index (χ1v) is 11.4. The number of hydrogen-bond donors (Lipinski definition) is 2. The number of aryl methyl sites for hydroxylation is 1. The normalized spacial score (nSPS) is 11.5. The first kappa shape index (κ1) is 22.6. The van der Waals surface area contributed by atoms with E-state index in [9.17, 15) is 18.0 Å². The van der Waals surface area contributed by atoms with Crippen molar-refractivity contribution in [3.63, 3.8) is 0 Å². The number of carbonyl (C=O) groups excluding carboxylic acids is 1. The molecule has 0 atom stereocenters. The van der Waals surface area contributed by atoms with Gasteiger partial charge in [0.05, 0.1) is 11.3 Å². The monoisotopic (exact) mass is 493 g/mol. The zero-order valence-corrected chi connectivity index (χ0v) is 19.1. The van der Waals surface area contributed by atoms with Crippen LogP contribution in [-0.2, 0) is 6.18 Å². The predicted molar refractivity (Wildman–Crippen MR) is 131 cm³/mol. The standard InChI is InChI=1S/C25H18F3N5OS/c1-15-14-35-23-21(16-9-11-29-12-10-16)22(32-33(15)23)17-3-2-4-20(13-17)31-24(34)30-19-7-5-18(6-8-19)25(26,27)28/h2-14H,1H3,(H2,30,31,34). The maximum Gasteiger partial charge on any atom is 0.416 e. The van der Waals surface area contributed by atoms with Gasteiger partial charge in [0.1, 0.15) is 10.5 Å². The highest BCUT2D eigenvalue weighted by atomic mass is 32.1. The molecule has 0 spiro atoms. The first-order chi connectivity index (χ1) is 16.8. The molecule has 0 saturated heterocycles. The highest BCUT2D eigenvalue weighted by Crippen LogP contribution is 2.38. The van der Waals surface area contributed by atoms with Gasteiger partial charge in [-0.2, -0.15) is 18.3 Å². The van der Waals surface area contributed by atoms with Gasteiger partial charge in [0.15, 0.2) is 0 Å². The maximum absolute atomic E-state index is 12.7. The smallest absolute Gasteiger partial charge is 0.308 e. The van der Waals surface area contributed by atoms with Crippen LogP contribution < -0.4 is 10.6 Å². The highest BCUT2D eigenvalue weighted by Gasteiger charge is 2.30. The number of alkyl halides is 3. The Bertz CT molecular complexity index is 1510. The number of fused-ring (bicyclic) bond motifs is 1. The molecule has 0 radical (unpaired) electrons. The van der Waals surface area contributed by atoms with E-state index in [1.165, 1.54) is 12.1 Å². The molecule has 176 valence electrons. The summed E-state index contributed by atoms with van der Waals surface area (Å²) >= 11 is 1.60. The third-order valence-corrected chi connectivity index (χ3v) is 6.41. The second-order valence-electron chi connectivity index (χ2n) is 7.79. The van der Waals surface area contributed by atoms with Gasteiger partial charge in [0, 0.05) is 40.3 Å². The zero-order chi connectivity index (χ0) is 24.6. The van der Waals surface area contributed by atoms with Gasteiger partial charge >= 0.3 is 12.2 Å². The molecule has 0 saturated carbocycles. The van der Waals surface area contributed by atoms with Gasteiger partial charge < -0.3 is 10.6 Å². The maximum atomic E-state index is 12.7. The molecule has 35 heavy (non-hydrogen) atoms. The van der Waals surface area contributed by atoms with Crippen LogP contribution in [-0.4, -0.2) is 20.6 Å². The number of nitrogens with zero attached hydrogens (tertiary/aromatic N) is 3. The van der Waals surface area contributed by atoms with E-state index in [1.54, 1.807) is 41.9 Å². The third kappa shape index (κ3) is 4.60. The second kappa shape index (κ2) is 8.88. The minimum absolute atomic E-state index is 0.247. The number of anilines is 2. The molecule has 3 heterocycles. The Labute approximate surface area is 202 Å². The molecule has 0 aliphatic heterocycles. The van der Waals surface area contributed by atoms with Crippen LogP contribution in [0.4, 0.5) is 29.3 Å². The van der Waals surface area contributed by atoms with E-state index in [-0.39, 0.29) is 5.69 Å². The van der Waals surface area contributed by atoms with E-state index in [4.69, 9.17) is 5.10 Å². The Kier molecular flexibility index (Phi) is 5.73. The molecule has 6 nitrogen and oxygen atoms in total. The molecule has 0 aliphatic carbocycles. The number of carbonyl (C=O) groups is 1. The largest absolute Gasteiger partial charge is 0.416 e. The fraction of sp³-hybridized carbons (Fsp3) is 0.0800. The fourth-order valence-electron chi connectivity index (χ4n) is 3.70. The summed E-state index contributed by atoms with van der Waals surface area (Å²) in [6, 6.07) is 14.8. The number of amides is 2. The topological polar surface area (TPSA) is 71.3 Å². The molecule has 2 aromatic carbocycles. The van der Waals surface area contributed by atoms with Crippen LogP contribution in [0, 0.1) is 6.92 Å². The van der Waals surface area contributed by atoms with Crippen LogP contribution in [0.1, 0.15) is 11.3 Å². The summed E-state index contributed by atoms with van der Waals surface area (Å²) in [6.07, 6.45) is -0.976. The SMILES string of the molecule is Cc1csc2c(-c3ccncc3)c(-c3cccc(NC(=O)Nc4ccc(C(F)(F)F)cc4)c3)nn12. The summed E-state index contributed by atoms with van der Waals surface area (Å²) < 4.78 is 40.1. The molecule has 5 aromatic rings. The van der Waals surface area contributed by atoms with Gasteiger partial charge in [-0.3, -0.25) is 4.98 Å². The van der Waals surface area contributed by atoms with Crippen molar-refractivity contribution in [2.75, 3.05) is 10.6 Å². The Morgan fingerprint density at radius 3 is 2.37 bits per heavy atom. The number of benzene rings is 2. The number of pyridine rings is 1. The second-order valence-corrected chi connectivity index (χ2v) is 8.65. The number of rotatable bonds is 4. The minimum Gasteiger partial charge on any atom is -0.308 e. The van der Waals surface area contributed by atoms with Crippen molar-refractivity contribution in [1.82, 2.24) is 14.6 Å². The summed E-state index contributed by atoms with van der Waals surface area (Å²) in [5.41, 5.74) is 4.50. The molecular formula is C25H18F3N5OS. The highest BCUT2D eigenvalue weighted by molar-refractivity contribution is 7.16. The molecule has 10 heteroatoms. The molecular weight excluding hydrogens is 475 g/mol. The molecule has 2 N–H and O–H groups in total. The van der Waals surface area contributed by atoms with Crippen molar-refractivity contribution in [2.45, 2.75) is 13.1 Å². The molecule has 0 unspecified atom stereocenters. The lowest BCUT2D eigenvalue weighted by Gasteiger charge is -2.11. The predicted octanol–water partition coefficient (Wildman–Crippen LogP) is 7.10. The van der Waals surface area contributed by atoms with Crippen molar-refractivity contribution in [2.24, 2.45) is 0 Å². The third-order valence-electron chi connectivity index (χ3n) is 5.35. The minimum atomic E-state index is -4.43. The first-order valence-electron chi connectivity index (χ1n) is 10.5. The molecule has 0 fully saturated rings. The van der Waals surface area contributed by atoms with Crippen LogP contribution in [0.15, 0.2) is 78.4 Å². The number of urea groups is 1. The Morgan fingerprint density at radius 2 is 1.66 bits per heavy atom. The summed E-state index contributed by atoms with van der Waals surface area (Å²) in [5, 5.41) is 12.1. The Morgan fingerprint density at radius 1 is 0.943 bits per heavy atom. The van der Waals surface area contributed by atoms with Gasteiger partial charge in [-0.1, -0.05) is 12.1 Å². The Hall–Kier alpha value is -4.18. The van der Waals surface area contributed by atoms with E-state index in [0.29, 0.717) is 5.69 Å². The molecule has 3 aromatic heterocycles. The lowest BCUT2D eigenvalue weighted by Crippen LogP contribution is -2.19. The van der Waals surface area contributed by atoms with Crippen LogP contribution in [0.2, 0.25) is 0 Å². The number of aromatic nitrogens is 3. The van der Waals surface area contributed by atoms with Crippen LogP contribution in [0.3, 0.4) is 0 Å². The lowest BCUT2D eigenvalue weighted by molar-refractivity contribution is -0.137. The van der Waals surface area contributed by atoms with E-state index >= 15 is 0 Å². The molecule has 0 aliphatic rings. The number of thiazole rings is 1. The van der Waals surface area contributed by atoms with Gasteiger partial charge in [0.25, 0.3) is 0 Å². The van der Waals surface area contributed by atoms with Gasteiger partial charge in [0.2, 0.25) is 0 Å². The van der Waals surface area contributed by atoms with Crippen LogP contribution in [0.25, 0.3) is 27.2 Å². The Balaban J connectivity index is 1.41. The average Bonchev–Trinajstić information content (AvgIpc) is 3.39. The van der Waals surface area contributed by atoms with Gasteiger partial charge in [-0.15, -0.1) is 11.3 Å². The van der Waals surface area contributed by atoms with Crippen molar-refractivity contribution in [1.29, 1.82) is 0 Å². The van der Waals surface area contributed by atoms with Crippen LogP contribution >= 0.6 is 11.3 Å². The lowest BCUT2D eigenvalue weighted by atomic mass is 10.0. The summed E-state index contributed by atoms with van der Waals surface area (Å²) in [5.74, 6) is 0. The van der Waals surface area contributed by atoms with E-state index in [0.717, 1.165) is 45.0 Å². The zero-order valence-electron chi connectivity index (χ0n) is 18.3. The summed E-state index contributed by atoms with van der Waals surface area (Å²) in [7, 11) is 0. The van der Waals surface area contributed by atoms with E-state index in [1.807, 2.05) is 35.0 Å². The van der Waals surface area contributed by atoms with Gasteiger partial charge in [-0.25, -0.2) is 9.31 Å². The summed E-state index contributed by atoms with van der Waals surface area (Å²) in [4.78, 5) is 17.6. The van der Waals surface area contributed by atoms with Crippen molar-refractivity contribution in [3.8, 4) is 22.4 Å². The van der Waals surface area contributed by atoms with Crippen molar-refractivity contribution >= 4 is 33.6 Å². The number of hydrogen-bond acceptors (Lipinski definition) is 4. The summed E-state index contributed by atoms with van der Waals surface area (Å²) in [6.45, 7) is 1.99. The fourth-order valence-corrected chi connectivity index (χ4v) is 4.70. The molecule has 5 rings (SSSR count). The van der Waals surface area contributed by atoms with Crippen molar-refractivity contribution < 1.29 is 18.0 Å². The van der Waals surface area contributed by atoms with Crippen molar-refractivity contribution in [3.05, 3.63) is 89.7 Å². The van der Waals surface area contributed by atoms with E-state index in [2.05, 4.69) is 15.6 Å². The number of nitrogens with one attached hydrogen (secondary N) is 2. The average molecular weight is 494 g/mol. The number of halogens is 3. The molecule has 2 amide bonds. The molecule has 0 bridgehead atoms. The van der Waals surface area contributed by atoms with E-state index < -0.39 is 17.8 Å². The quantitative estimate of drug-likeness (QED) is 0.281. The van der Waals surface area contributed by atoms with Gasteiger partial charge in [-0.05, 0) is 61.0 Å². The van der Waals surface area contributed by atoms with Crippen LogP contribution in [0.5, 0.6) is 0 Å².